The number of rotatable bonds is 4. The van der Waals surface area contributed by atoms with Gasteiger partial charge in [0.1, 0.15) is 12.4 Å². The Morgan fingerprint density at radius 3 is 3.05 bits per heavy atom. The Morgan fingerprint density at radius 2 is 2.24 bits per heavy atom. The van der Waals surface area contributed by atoms with Gasteiger partial charge < -0.3 is 4.52 Å². The van der Waals surface area contributed by atoms with Crippen molar-refractivity contribution in [1.82, 2.24) is 30.3 Å². The summed E-state index contributed by atoms with van der Waals surface area (Å²) in [5.74, 6) is 1.63. The van der Waals surface area contributed by atoms with Gasteiger partial charge in [-0.3, -0.25) is 0 Å². The van der Waals surface area contributed by atoms with Crippen LogP contribution in [0.25, 0.3) is 11.4 Å². The lowest BCUT2D eigenvalue weighted by atomic mass is 10.2. The van der Waals surface area contributed by atoms with Crippen molar-refractivity contribution in [2.75, 3.05) is 0 Å². The fraction of sp³-hybridized carbons (Fsp3) is 0.308. The molecule has 0 saturated heterocycles. The molecule has 0 bridgehead atoms. The number of hydrogen-bond donors (Lipinski definition) is 0. The fourth-order valence-electron chi connectivity index (χ4n) is 2.01. The molecule has 3 aromatic rings. The van der Waals surface area contributed by atoms with Crippen molar-refractivity contribution < 1.29 is 8.91 Å². The Hall–Kier alpha value is -2.64. The highest BCUT2D eigenvalue weighted by atomic mass is 19.1. The van der Waals surface area contributed by atoms with E-state index < -0.39 is 0 Å². The molecule has 2 aromatic heterocycles. The van der Waals surface area contributed by atoms with Gasteiger partial charge in [-0.25, -0.2) is 4.39 Å². The van der Waals surface area contributed by atoms with Gasteiger partial charge in [0.2, 0.25) is 11.7 Å². The Morgan fingerprint density at radius 1 is 1.33 bits per heavy atom. The van der Waals surface area contributed by atoms with Gasteiger partial charge in [-0.15, -0.1) is 10.2 Å². The first-order valence-corrected chi connectivity index (χ1v) is 6.64. The van der Waals surface area contributed by atoms with Gasteiger partial charge in [0.25, 0.3) is 0 Å². The molecule has 7 nitrogen and oxygen atoms in total. The Balaban J connectivity index is 1.53. The summed E-state index contributed by atoms with van der Waals surface area (Å²) >= 11 is 0. The van der Waals surface area contributed by atoms with Crippen molar-refractivity contribution in [1.29, 1.82) is 0 Å². The molecule has 106 valence electrons. The van der Waals surface area contributed by atoms with Crippen LogP contribution in [-0.4, -0.2) is 30.3 Å². The quantitative estimate of drug-likeness (QED) is 0.727. The lowest BCUT2D eigenvalue weighted by Crippen LogP contribution is -2.05. The molecule has 0 unspecified atom stereocenters. The van der Waals surface area contributed by atoms with Crippen molar-refractivity contribution in [3.05, 3.63) is 41.8 Å². The zero-order valence-corrected chi connectivity index (χ0v) is 11.0. The minimum absolute atomic E-state index is 0.276. The highest BCUT2D eigenvalue weighted by molar-refractivity contribution is 5.53. The summed E-state index contributed by atoms with van der Waals surface area (Å²) in [7, 11) is 0. The largest absolute Gasteiger partial charge is 0.339 e. The number of nitrogens with zero attached hydrogens (tertiary/aromatic N) is 6. The third kappa shape index (κ3) is 2.51. The first-order chi connectivity index (χ1) is 10.3. The van der Waals surface area contributed by atoms with Crippen molar-refractivity contribution >= 4 is 0 Å². The SMILES string of the molecule is Fc1cccc(-c2nnn(Cc3noc(C4CC4)n3)n2)c1. The van der Waals surface area contributed by atoms with E-state index in [1.165, 1.54) is 16.9 Å². The Kier molecular flexibility index (Phi) is 2.73. The maximum absolute atomic E-state index is 13.2. The van der Waals surface area contributed by atoms with E-state index in [-0.39, 0.29) is 12.4 Å². The lowest BCUT2D eigenvalue weighted by molar-refractivity contribution is 0.370. The van der Waals surface area contributed by atoms with E-state index in [2.05, 4.69) is 25.6 Å². The molecular formula is C13H11FN6O. The Labute approximate surface area is 118 Å². The first-order valence-electron chi connectivity index (χ1n) is 6.64. The second kappa shape index (κ2) is 4.72. The zero-order valence-electron chi connectivity index (χ0n) is 11.0. The minimum atomic E-state index is -0.337. The molecule has 1 fully saturated rings. The molecule has 0 radical (unpaired) electrons. The van der Waals surface area contributed by atoms with Crippen molar-refractivity contribution in [2.45, 2.75) is 25.3 Å². The number of halogens is 1. The molecule has 2 heterocycles. The molecule has 21 heavy (non-hydrogen) atoms. The van der Waals surface area contributed by atoms with Crippen molar-refractivity contribution in [3.8, 4) is 11.4 Å². The maximum Gasteiger partial charge on any atom is 0.229 e. The Bertz CT molecular complexity index is 778. The number of tetrazole rings is 1. The summed E-state index contributed by atoms with van der Waals surface area (Å²) in [6.45, 7) is 0.276. The molecule has 0 N–H and O–H groups in total. The average Bonchev–Trinajstić information content (AvgIpc) is 3.05. The van der Waals surface area contributed by atoms with Crippen LogP contribution in [0.2, 0.25) is 0 Å². The van der Waals surface area contributed by atoms with Crippen molar-refractivity contribution in [2.24, 2.45) is 0 Å². The van der Waals surface area contributed by atoms with Gasteiger partial charge in [-0.05, 0) is 30.2 Å². The molecule has 1 aliphatic rings. The summed E-state index contributed by atoms with van der Waals surface area (Å²) in [5.41, 5.74) is 0.577. The summed E-state index contributed by atoms with van der Waals surface area (Å²) < 4.78 is 18.3. The molecule has 0 amide bonds. The second-order valence-electron chi connectivity index (χ2n) is 4.98. The molecule has 8 heteroatoms. The van der Waals surface area contributed by atoms with Crippen LogP contribution >= 0.6 is 0 Å². The van der Waals surface area contributed by atoms with E-state index in [1.807, 2.05) is 0 Å². The van der Waals surface area contributed by atoms with Crippen LogP contribution in [0.1, 0.15) is 30.5 Å². The number of hydrogen-bond acceptors (Lipinski definition) is 6. The van der Waals surface area contributed by atoms with E-state index in [4.69, 9.17) is 4.52 Å². The highest BCUT2D eigenvalue weighted by Crippen LogP contribution is 2.38. The molecule has 0 spiro atoms. The summed E-state index contributed by atoms with van der Waals surface area (Å²) in [5, 5.41) is 15.9. The molecule has 1 aromatic carbocycles. The van der Waals surface area contributed by atoms with E-state index in [0.29, 0.717) is 29.0 Å². The predicted molar refractivity (Wildman–Crippen MR) is 68.6 cm³/mol. The summed E-state index contributed by atoms with van der Waals surface area (Å²) in [4.78, 5) is 5.66. The van der Waals surface area contributed by atoms with Gasteiger partial charge in [-0.1, -0.05) is 17.3 Å². The zero-order chi connectivity index (χ0) is 14.2. The molecular weight excluding hydrogens is 275 g/mol. The van der Waals surface area contributed by atoms with Crippen LogP contribution in [0.3, 0.4) is 0 Å². The third-order valence-electron chi connectivity index (χ3n) is 3.23. The normalized spacial score (nSPS) is 14.5. The molecule has 0 atom stereocenters. The second-order valence-corrected chi connectivity index (χ2v) is 4.98. The standard InChI is InChI=1S/C13H11FN6O/c14-10-3-1-2-9(6-10)12-16-19-20(17-12)7-11-15-13(21-18-11)8-4-5-8/h1-3,6,8H,4-5,7H2. The average molecular weight is 286 g/mol. The van der Waals surface area contributed by atoms with Crippen molar-refractivity contribution in [3.63, 3.8) is 0 Å². The topological polar surface area (TPSA) is 82.5 Å². The monoisotopic (exact) mass is 286 g/mol. The lowest BCUT2D eigenvalue weighted by Gasteiger charge is -1.94. The van der Waals surface area contributed by atoms with Crippen LogP contribution in [0, 0.1) is 5.82 Å². The highest BCUT2D eigenvalue weighted by Gasteiger charge is 2.29. The van der Waals surface area contributed by atoms with Crippen LogP contribution in [0.15, 0.2) is 28.8 Å². The molecule has 0 aliphatic heterocycles. The van der Waals surface area contributed by atoms with Gasteiger partial charge >= 0.3 is 0 Å². The van der Waals surface area contributed by atoms with E-state index >= 15 is 0 Å². The van der Waals surface area contributed by atoms with Gasteiger partial charge in [0.15, 0.2) is 5.82 Å². The molecule has 4 rings (SSSR count). The maximum atomic E-state index is 13.2. The van der Waals surface area contributed by atoms with Crippen LogP contribution in [0.4, 0.5) is 4.39 Å². The minimum Gasteiger partial charge on any atom is -0.339 e. The third-order valence-corrected chi connectivity index (χ3v) is 3.23. The molecule has 1 aliphatic carbocycles. The van der Waals surface area contributed by atoms with Gasteiger partial charge in [-0.2, -0.15) is 9.78 Å². The molecule has 1 saturated carbocycles. The van der Waals surface area contributed by atoms with Gasteiger partial charge in [0.05, 0.1) is 0 Å². The van der Waals surface area contributed by atoms with Gasteiger partial charge in [0, 0.05) is 11.5 Å². The number of aromatic nitrogens is 6. The first kappa shape index (κ1) is 12.1. The smallest absolute Gasteiger partial charge is 0.229 e. The fourth-order valence-corrected chi connectivity index (χ4v) is 2.01. The van der Waals surface area contributed by atoms with Crippen LogP contribution < -0.4 is 0 Å². The summed E-state index contributed by atoms with van der Waals surface area (Å²) in [6.07, 6.45) is 2.21. The van der Waals surface area contributed by atoms with E-state index in [0.717, 1.165) is 12.8 Å². The predicted octanol–water partition coefficient (Wildman–Crippen LogP) is 1.79. The van der Waals surface area contributed by atoms with Crippen LogP contribution in [-0.2, 0) is 6.54 Å². The van der Waals surface area contributed by atoms with Crippen LogP contribution in [0.5, 0.6) is 0 Å². The van der Waals surface area contributed by atoms with E-state index in [1.54, 1.807) is 12.1 Å². The number of benzene rings is 1. The van der Waals surface area contributed by atoms with E-state index in [9.17, 15) is 4.39 Å². The summed E-state index contributed by atoms with van der Waals surface area (Å²) in [6, 6.07) is 6.06.